The molecule has 2 heterocycles. The monoisotopic (exact) mass is 311 g/mol. The molecule has 0 radical (unpaired) electrons. The second kappa shape index (κ2) is 6.93. The number of aromatic nitrogens is 3. The summed E-state index contributed by atoms with van der Waals surface area (Å²) < 4.78 is 1.94. The molecule has 2 rings (SSSR count). The van der Waals surface area contributed by atoms with Gasteiger partial charge < -0.3 is 15.2 Å². The lowest BCUT2D eigenvalue weighted by molar-refractivity contribution is -0.132. The Morgan fingerprint density at radius 2 is 2.10 bits per heavy atom. The van der Waals surface area contributed by atoms with Crippen molar-refractivity contribution < 1.29 is 9.59 Å². The Morgan fingerprint density at radius 3 is 2.67 bits per heavy atom. The van der Waals surface area contributed by atoms with E-state index in [9.17, 15) is 9.59 Å². The molecule has 0 saturated carbocycles. The van der Waals surface area contributed by atoms with Gasteiger partial charge in [0.1, 0.15) is 6.33 Å². The predicted molar refractivity (Wildman–Crippen MR) is 79.6 cm³/mol. The van der Waals surface area contributed by atoms with E-state index >= 15 is 0 Å². The van der Waals surface area contributed by atoms with Crippen LogP contribution in [0.2, 0.25) is 0 Å². The Hall–Kier alpha value is -1.57. The number of carbonyl (C=O) groups is 2. The molecule has 1 aromatic heterocycles. The highest BCUT2D eigenvalue weighted by atomic mass is 32.2. The first-order valence-corrected chi connectivity index (χ1v) is 8.07. The maximum Gasteiger partial charge on any atom is 0.233 e. The third kappa shape index (κ3) is 3.96. The molecule has 8 heteroatoms. The summed E-state index contributed by atoms with van der Waals surface area (Å²) in [6, 6.07) is 0.268. The molecule has 0 aliphatic carbocycles. The molecule has 1 saturated heterocycles. The number of nitrogens with two attached hydrogens (primary N) is 1. The molecule has 1 aliphatic heterocycles. The van der Waals surface area contributed by atoms with Crippen LogP contribution in [0.5, 0.6) is 0 Å². The maximum atomic E-state index is 12.2. The van der Waals surface area contributed by atoms with Crippen molar-refractivity contribution in [3.05, 3.63) is 6.33 Å². The van der Waals surface area contributed by atoms with Crippen molar-refractivity contribution in [3.63, 3.8) is 0 Å². The van der Waals surface area contributed by atoms with Gasteiger partial charge in [-0.2, -0.15) is 0 Å². The lowest BCUT2D eigenvalue weighted by atomic mass is 9.96. The highest BCUT2D eigenvalue weighted by Crippen LogP contribution is 2.21. The average Bonchev–Trinajstić information content (AvgIpc) is 2.93. The van der Waals surface area contributed by atoms with Gasteiger partial charge in [0.2, 0.25) is 11.8 Å². The van der Waals surface area contributed by atoms with Gasteiger partial charge in [-0.05, 0) is 26.7 Å². The van der Waals surface area contributed by atoms with Gasteiger partial charge in [0.05, 0.1) is 5.75 Å². The molecule has 7 nitrogen and oxygen atoms in total. The molecular formula is C13H21N5O2S. The van der Waals surface area contributed by atoms with Crippen molar-refractivity contribution in [2.75, 3.05) is 18.8 Å². The molecule has 0 atom stereocenters. The first kappa shape index (κ1) is 15.8. The number of carbonyl (C=O) groups excluding carboxylic acids is 2. The molecule has 21 heavy (non-hydrogen) atoms. The van der Waals surface area contributed by atoms with E-state index in [0.29, 0.717) is 31.7 Å². The van der Waals surface area contributed by atoms with Crippen LogP contribution in [0.15, 0.2) is 11.5 Å². The van der Waals surface area contributed by atoms with Crippen molar-refractivity contribution in [1.29, 1.82) is 0 Å². The smallest absolute Gasteiger partial charge is 0.233 e. The van der Waals surface area contributed by atoms with Gasteiger partial charge in [-0.15, -0.1) is 10.2 Å². The standard InChI is InChI=1S/C13H21N5O2S/c1-9(2)18-8-15-16-13(18)21-7-11(19)17-5-3-10(4-6-17)12(14)20/h8-10H,3-7H2,1-2H3,(H2,14,20). The van der Waals surface area contributed by atoms with Crippen LogP contribution < -0.4 is 5.73 Å². The molecule has 0 aromatic carbocycles. The number of hydrogen-bond acceptors (Lipinski definition) is 5. The number of hydrogen-bond donors (Lipinski definition) is 1. The minimum Gasteiger partial charge on any atom is -0.369 e. The van der Waals surface area contributed by atoms with Gasteiger partial charge in [0.25, 0.3) is 0 Å². The van der Waals surface area contributed by atoms with Crippen LogP contribution in [0.3, 0.4) is 0 Å². The van der Waals surface area contributed by atoms with Gasteiger partial charge in [-0.25, -0.2) is 0 Å². The largest absolute Gasteiger partial charge is 0.369 e. The zero-order chi connectivity index (χ0) is 15.4. The molecule has 1 aromatic rings. The maximum absolute atomic E-state index is 12.2. The van der Waals surface area contributed by atoms with Crippen LogP contribution in [0.25, 0.3) is 0 Å². The number of piperidine rings is 1. The van der Waals surface area contributed by atoms with E-state index in [1.807, 2.05) is 18.4 Å². The van der Waals surface area contributed by atoms with Gasteiger partial charge in [-0.1, -0.05) is 11.8 Å². The normalized spacial score (nSPS) is 16.4. The van der Waals surface area contributed by atoms with Gasteiger partial charge >= 0.3 is 0 Å². The fourth-order valence-corrected chi connectivity index (χ4v) is 3.27. The summed E-state index contributed by atoms with van der Waals surface area (Å²) in [6.45, 7) is 5.29. The first-order valence-electron chi connectivity index (χ1n) is 7.08. The fourth-order valence-electron chi connectivity index (χ4n) is 2.32. The van der Waals surface area contributed by atoms with Crippen molar-refractivity contribution in [2.45, 2.75) is 37.9 Å². The molecule has 116 valence electrons. The topological polar surface area (TPSA) is 94.1 Å². The van der Waals surface area contributed by atoms with Crippen LogP contribution in [-0.4, -0.2) is 50.3 Å². The third-order valence-corrected chi connectivity index (χ3v) is 4.61. The summed E-state index contributed by atoms with van der Waals surface area (Å²) >= 11 is 1.40. The minimum absolute atomic E-state index is 0.0706. The van der Waals surface area contributed by atoms with Crippen LogP contribution in [-0.2, 0) is 9.59 Å². The third-order valence-electron chi connectivity index (χ3n) is 3.67. The van der Waals surface area contributed by atoms with Crippen molar-refractivity contribution in [2.24, 2.45) is 11.7 Å². The quantitative estimate of drug-likeness (QED) is 0.807. The second-order valence-corrected chi connectivity index (χ2v) is 6.40. The zero-order valence-electron chi connectivity index (χ0n) is 12.4. The Bertz CT molecular complexity index is 508. The second-order valence-electron chi connectivity index (χ2n) is 5.46. The fraction of sp³-hybridized carbons (Fsp3) is 0.692. The number of primary amides is 1. The van der Waals surface area contributed by atoms with Crippen LogP contribution in [0.4, 0.5) is 0 Å². The van der Waals surface area contributed by atoms with E-state index in [2.05, 4.69) is 10.2 Å². The van der Waals surface area contributed by atoms with Crippen LogP contribution in [0.1, 0.15) is 32.7 Å². The number of likely N-dealkylation sites (tertiary alicyclic amines) is 1. The number of amides is 2. The Kier molecular flexibility index (Phi) is 5.22. The molecule has 2 N–H and O–H groups in total. The number of nitrogens with zero attached hydrogens (tertiary/aromatic N) is 4. The molecular weight excluding hydrogens is 290 g/mol. The summed E-state index contributed by atoms with van der Waals surface area (Å²) in [7, 11) is 0. The Balaban J connectivity index is 1.83. The van der Waals surface area contributed by atoms with Gasteiger partial charge in [0, 0.05) is 25.0 Å². The van der Waals surface area contributed by atoms with E-state index < -0.39 is 0 Å². The lowest BCUT2D eigenvalue weighted by Gasteiger charge is -2.30. The summed E-state index contributed by atoms with van der Waals surface area (Å²) in [5, 5.41) is 8.67. The van der Waals surface area contributed by atoms with Gasteiger partial charge in [-0.3, -0.25) is 9.59 Å². The summed E-state index contributed by atoms with van der Waals surface area (Å²) in [5.41, 5.74) is 5.29. The molecule has 0 unspecified atom stereocenters. The average molecular weight is 311 g/mol. The van der Waals surface area contributed by atoms with E-state index in [1.54, 1.807) is 11.2 Å². The van der Waals surface area contributed by atoms with E-state index in [-0.39, 0.29) is 23.8 Å². The Labute approximate surface area is 128 Å². The number of rotatable bonds is 5. The molecule has 2 amide bonds. The van der Waals surface area contributed by atoms with Gasteiger partial charge in [0.15, 0.2) is 5.16 Å². The van der Waals surface area contributed by atoms with Crippen LogP contribution >= 0.6 is 11.8 Å². The summed E-state index contributed by atoms with van der Waals surface area (Å²) in [6.07, 6.45) is 3.00. The van der Waals surface area contributed by atoms with E-state index in [1.165, 1.54) is 11.8 Å². The zero-order valence-corrected chi connectivity index (χ0v) is 13.2. The highest BCUT2D eigenvalue weighted by Gasteiger charge is 2.26. The lowest BCUT2D eigenvalue weighted by Crippen LogP contribution is -2.42. The number of thioether (sulfide) groups is 1. The van der Waals surface area contributed by atoms with Crippen molar-refractivity contribution >= 4 is 23.6 Å². The summed E-state index contributed by atoms with van der Waals surface area (Å²) in [4.78, 5) is 25.1. The molecule has 0 bridgehead atoms. The van der Waals surface area contributed by atoms with Crippen molar-refractivity contribution in [3.8, 4) is 0 Å². The predicted octanol–water partition coefficient (Wildman–Crippen LogP) is 0.675. The van der Waals surface area contributed by atoms with Crippen LogP contribution in [0, 0.1) is 5.92 Å². The SMILES string of the molecule is CC(C)n1cnnc1SCC(=O)N1CCC(C(N)=O)CC1. The first-order chi connectivity index (χ1) is 9.99. The molecule has 1 fully saturated rings. The van der Waals surface area contributed by atoms with E-state index in [0.717, 1.165) is 5.16 Å². The summed E-state index contributed by atoms with van der Waals surface area (Å²) in [5.74, 6) is 0.0561. The van der Waals surface area contributed by atoms with E-state index in [4.69, 9.17) is 5.73 Å². The minimum atomic E-state index is -0.262. The molecule has 1 aliphatic rings. The molecule has 0 spiro atoms. The van der Waals surface area contributed by atoms with Crippen molar-refractivity contribution in [1.82, 2.24) is 19.7 Å². The Morgan fingerprint density at radius 1 is 1.43 bits per heavy atom. The highest BCUT2D eigenvalue weighted by molar-refractivity contribution is 7.99.